The Kier molecular flexibility index (Phi) is 6.92. The van der Waals surface area contributed by atoms with Crippen molar-refractivity contribution < 1.29 is 9.53 Å². The van der Waals surface area contributed by atoms with Crippen molar-refractivity contribution in [3.8, 4) is 0 Å². The lowest BCUT2D eigenvalue weighted by molar-refractivity contribution is -0.137. The van der Waals surface area contributed by atoms with Gasteiger partial charge in [0, 0.05) is 38.3 Å². The quantitative estimate of drug-likeness (QED) is 0.793. The molecule has 0 radical (unpaired) electrons. The Bertz CT molecular complexity index is 299. The number of carbonyl (C=O) groups excluding carboxylic acids is 1. The standard InChI is InChI=1S/C15H31N3O2/c1-11(2)18(12(3)4)15(19)10-17-7-6-14(20-5)8-13(17)9-16/h11-14H,6-10,16H2,1-5H3. The zero-order valence-corrected chi connectivity index (χ0v) is 13.6. The summed E-state index contributed by atoms with van der Waals surface area (Å²) in [4.78, 5) is 16.7. The molecule has 0 aliphatic carbocycles. The smallest absolute Gasteiger partial charge is 0.237 e. The van der Waals surface area contributed by atoms with Crippen LogP contribution in [0.4, 0.5) is 0 Å². The van der Waals surface area contributed by atoms with Crippen LogP contribution in [0.25, 0.3) is 0 Å². The highest BCUT2D eigenvalue weighted by molar-refractivity contribution is 5.78. The molecule has 1 aliphatic heterocycles. The van der Waals surface area contributed by atoms with Crippen molar-refractivity contribution in [2.75, 3.05) is 26.7 Å². The predicted molar refractivity (Wildman–Crippen MR) is 81.6 cm³/mol. The maximum Gasteiger partial charge on any atom is 0.237 e. The average molecular weight is 285 g/mol. The first-order valence-electron chi connectivity index (χ1n) is 7.68. The number of nitrogens with zero attached hydrogens (tertiary/aromatic N) is 2. The largest absolute Gasteiger partial charge is 0.381 e. The Balaban J connectivity index is 2.64. The summed E-state index contributed by atoms with van der Waals surface area (Å²) in [5, 5.41) is 0. The first-order chi connectivity index (χ1) is 9.40. The van der Waals surface area contributed by atoms with Crippen LogP contribution in [0.15, 0.2) is 0 Å². The second kappa shape index (κ2) is 7.96. The van der Waals surface area contributed by atoms with Crippen LogP contribution in [-0.4, -0.2) is 66.7 Å². The Morgan fingerprint density at radius 1 is 1.35 bits per heavy atom. The molecule has 0 bridgehead atoms. The van der Waals surface area contributed by atoms with E-state index in [2.05, 4.69) is 32.6 Å². The van der Waals surface area contributed by atoms with Gasteiger partial charge in [0.25, 0.3) is 0 Å². The van der Waals surface area contributed by atoms with Crippen LogP contribution < -0.4 is 5.73 Å². The molecule has 2 N–H and O–H groups in total. The van der Waals surface area contributed by atoms with Crippen LogP contribution in [0.1, 0.15) is 40.5 Å². The van der Waals surface area contributed by atoms with Crippen LogP contribution in [0.2, 0.25) is 0 Å². The third-order valence-electron chi connectivity index (χ3n) is 4.13. The summed E-state index contributed by atoms with van der Waals surface area (Å²) < 4.78 is 5.42. The van der Waals surface area contributed by atoms with E-state index < -0.39 is 0 Å². The molecule has 1 heterocycles. The second-order valence-corrected chi connectivity index (χ2v) is 6.23. The van der Waals surface area contributed by atoms with E-state index in [9.17, 15) is 4.79 Å². The van der Waals surface area contributed by atoms with Crippen LogP contribution >= 0.6 is 0 Å². The average Bonchev–Trinajstić information content (AvgIpc) is 2.38. The van der Waals surface area contributed by atoms with Gasteiger partial charge in [-0.05, 0) is 40.5 Å². The van der Waals surface area contributed by atoms with Gasteiger partial charge in [-0.1, -0.05) is 0 Å². The molecule has 118 valence electrons. The number of hydrogen-bond donors (Lipinski definition) is 1. The topological polar surface area (TPSA) is 58.8 Å². The van der Waals surface area contributed by atoms with Gasteiger partial charge < -0.3 is 15.4 Å². The van der Waals surface area contributed by atoms with Crippen molar-refractivity contribution in [1.29, 1.82) is 0 Å². The van der Waals surface area contributed by atoms with Crippen LogP contribution in [-0.2, 0) is 9.53 Å². The summed E-state index contributed by atoms with van der Waals surface area (Å²) in [5.74, 6) is 0.198. The fourth-order valence-electron chi connectivity index (χ4n) is 3.16. The molecule has 1 aliphatic rings. The van der Waals surface area contributed by atoms with Gasteiger partial charge in [-0.15, -0.1) is 0 Å². The Hall–Kier alpha value is -0.650. The SMILES string of the molecule is COC1CCN(CC(=O)N(C(C)C)C(C)C)C(CN)C1. The molecule has 0 spiro atoms. The van der Waals surface area contributed by atoms with Gasteiger partial charge in [-0.3, -0.25) is 9.69 Å². The molecule has 0 saturated carbocycles. The number of piperidine rings is 1. The van der Waals surface area contributed by atoms with Gasteiger partial charge in [-0.2, -0.15) is 0 Å². The van der Waals surface area contributed by atoms with E-state index in [0.29, 0.717) is 13.1 Å². The zero-order valence-electron chi connectivity index (χ0n) is 13.6. The molecule has 1 rings (SSSR count). The molecule has 0 aromatic carbocycles. The number of likely N-dealkylation sites (tertiary alicyclic amines) is 1. The highest BCUT2D eigenvalue weighted by Gasteiger charge is 2.30. The third kappa shape index (κ3) is 4.43. The number of nitrogens with two attached hydrogens (primary N) is 1. The number of hydrogen-bond acceptors (Lipinski definition) is 4. The van der Waals surface area contributed by atoms with E-state index in [1.807, 2.05) is 4.90 Å². The molecule has 2 unspecified atom stereocenters. The highest BCUT2D eigenvalue weighted by atomic mass is 16.5. The molecule has 1 fully saturated rings. The van der Waals surface area contributed by atoms with E-state index in [1.165, 1.54) is 0 Å². The van der Waals surface area contributed by atoms with Crippen molar-refractivity contribution in [2.45, 2.75) is 64.8 Å². The van der Waals surface area contributed by atoms with Gasteiger partial charge in [0.05, 0.1) is 12.6 Å². The molecule has 2 atom stereocenters. The molecule has 5 heteroatoms. The highest BCUT2D eigenvalue weighted by Crippen LogP contribution is 2.19. The first kappa shape index (κ1) is 17.4. The molecule has 1 saturated heterocycles. The second-order valence-electron chi connectivity index (χ2n) is 6.23. The number of rotatable bonds is 6. The molecule has 5 nitrogen and oxygen atoms in total. The summed E-state index contributed by atoms with van der Waals surface area (Å²) in [7, 11) is 1.75. The normalized spacial score (nSPS) is 24.4. The first-order valence-corrected chi connectivity index (χ1v) is 7.68. The lowest BCUT2D eigenvalue weighted by Crippen LogP contribution is -2.54. The van der Waals surface area contributed by atoms with Crippen molar-refractivity contribution in [1.82, 2.24) is 9.80 Å². The van der Waals surface area contributed by atoms with Crippen molar-refractivity contribution >= 4 is 5.91 Å². The van der Waals surface area contributed by atoms with E-state index in [1.54, 1.807) is 7.11 Å². The summed E-state index contributed by atoms with van der Waals surface area (Å²) in [6.07, 6.45) is 2.17. The summed E-state index contributed by atoms with van der Waals surface area (Å²) >= 11 is 0. The van der Waals surface area contributed by atoms with Crippen molar-refractivity contribution in [3.05, 3.63) is 0 Å². The summed E-state index contributed by atoms with van der Waals surface area (Å²) in [6, 6.07) is 0.713. The maximum atomic E-state index is 12.5. The number of methoxy groups -OCH3 is 1. The van der Waals surface area contributed by atoms with Gasteiger partial charge in [-0.25, -0.2) is 0 Å². The number of carbonyl (C=O) groups is 1. The molecule has 0 aromatic heterocycles. The van der Waals surface area contributed by atoms with Gasteiger partial charge in [0.1, 0.15) is 0 Å². The van der Waals surface area contributed by atoms with Crippen LogP contribution in [0.5, 0.6) is 0 Å². The molecule has 20 heavy (non-hydrogen) atoms. The Morgan fingerprint density at radius 3 is 2.40 bits per heavy atom. The van der Waals surface area contributed by atoms with E-state index in [-0.39, 0.29) is 30.1 Å². The van der Waals surface area contributed by atoms with E-state index in [0.717, 1.165) is 19.4 Å². The fraction of sp³-hybridized carbons (Fsp3) is 0.933. The molecule has 1 amide bonds. The van der Waals surface area contributed by atoms with Crippen molar-refractivity contribution in [2.24, 2.45) is 5.73 Å². The van der Waals surface area contributed by atoms with E-state index >= 15 is 0 Å². The monoisotopic (exact) mass is 285 g/mol. The molecular formula is C15H31N3O2. The Labute approximate surface area is 123 Å². The lowest BCUT2D eigenvalue weighted by Gasteiger charge is -2.40. The zero-order chi connectivity index (χ0) is 15.3. The van der Waals surface area contributed by atoms with Gasteiger partial charge in [0.15, 0.2) is 0 Å². The van der Waals surface area contributed by atoms with E-state index in [4.69, 9.17) is 10.5 Å². The minimum atomic E-state index is 0.198. The lowest BCUT2D eigenvalue weighted by atomic mass is 9.99. The minimum Gasteiger partial charge on any atom is -0.381 e. The van der Waals surface area contributed by atoms with Gasteiger partial charge in [0.2, 0.25) is 5.91 Å². The maximum absolute atomic E-state index is 12.5. The summed E-state index contributed by atoms with van der Waals surface area (Å²) in [6.45, 7) is 10.2. The van der Waals surface area contributed by atoms with Crippen LogP contribution in [0, 0.1) is 0 Å². The fourth-order valence-corrected chi connectivity index (χ4v) is 3.16. The molecule has 0 aromatic rings. The van der Waals surface area contributed by atoms with Crippen molar-refractivity contribution in [3.63, 3.8) is 0 Å². The summed E-state index contributed by atoms with van der Waals surface area (Å²) in [5.41, 5.74) is 5.86. The minimum absolute atomic E-state index is 0.198. The van der Waals surface area contributed by atoms with Gasteiger partial charge >= 0.3 is 0 Å². The molecular weight excluding hydrogens is 254 g/mol. The number of amides is 1. The van der Waals surface area contributed by atoms with Crippen LogP contribution in [0.3, 0.4) is 0 Å². The predicted octanol–water partition coefficient (Wildman–Crippen LogP) is 1.07. The number of ether oxygens (including phenoxy) is 1. The third-order valence-corrected chi connectivity index (χ3v) is 4.13. The Morgan fingerprint density at radius 2 is 1.95 bits per heavy atom.